The molecule has 1 amide bonds. The summed E-state index contributed by atoms with van der Waals surface area (Å²) in [5, 5.41) is 6.40. The van der Waals surface area contributed by atoms with Gasteiger partial charge in [0.1, 0.15) is 11.6 Å². The van der Waals surface area contributed by atoms with Gasteiger partial charge in [0.15, 0.2) is 5.82 Å². The summed E-state index contributed by atoms with van der Waals surface area (Å²) in [7, 11) is 0. The number of anilines is 1. The zero-order valence-corrected chi connectivity index (χ0v) is 21.0. The molecule has 2 atom stereocenters. The Balaban J connectivity index is 1.12. The number of ether oxygens (including phenoxy) is 1. The minimum absolute atomic E-state index is 0.0333. The van der Waals surface area contributed by atoms with Crippen molar-refractivity contribution in [3.63, 3.8) is 0 Å². The van der Waals surface area contributed by atoms with E-state index in [9.17, 15) is 13.6 Å². The van der Waals surface area contributed by atoms with Gasteiger partial charge in [-0.05, 0) is 61.6 Å². The molecule has 1 aliphatic carbocycles. The predicted octanol–water partition coefficient (Wildman–Crippen LogP) is 3.70. The number of aryl methyl sites for hydroxylation is 1. The molecule has 2 aliphatic heterocycles. The maximum atomic E-state index is 14.3. The number of hydrogen-bond acceptors (Lipinski definition) is 5. The highest BCUT2D eigenvalue weighted by molar-refractivity contribution is 5.94. The predicted molar refractivity (Wildman–Crippen MR) is 134 cm³/mol. The number of imidazole rings is 1. The largest absolute Gasteiger partial charge is 0.381 e. The Morgan fingerprint density at radius 1 is 1.22 bits per heavy atom. The number of carbonyl (C=O) groups is 1. The Labute approximate surface area is 211 Å². The molecule has 9 heteroatoms. The molecule has 0 saturated carbocycles. The number of amides is 1. The number of likely N-dealkylation sites (tertiary alicyclic amines) is 1. The summed E-state index contributed by atoms with van der Waals surface area (Å²) in [6.45, 7) is 6.94. The third-order valence-electron chi connectivity index (χ3n) is 7.87. The molecule has 1 aromatic carbocycles. The van der Waals surface area contributed by atoms with Gasteiger partial charge in [-0.2, -0.15) is 0 Å². The minimum Gasteiger partial charge on any atom is -0.381 e. The average molecular weight is 502 g/mol. The summed E-state index contributed by atoms with van der Waals surface area (Å²) in [6.07, 6.45) is 9.32. The number of benzene rings is 1. The highest BCUT2D eigenvalue weighted by Crippen LogP contribution is 2.27. The van der Waals surface area contributed by atoms with Gasteiger partial charge in [-0.25, -0.2) is 13.8 Å². The number of halogens is 2. The molecule has 0 bridgehead atoms. The zero-order valence-electron chi connectivity index (χ0n) is 21.0. The maximum absolute atomic E-state index is 14.3. The molecule has 196 valence electrons. The van der Waals surface area contributed by atoms with Gasteiger partial charge in [-0.1, -0.05) is 13.3 Å². The van der Waals surface area contributed by atoms with Gasteiger partial charge in [-0.3, -0.25) is 9.69 Å². The van der Waals surface area contributed by atoms with E-state index in [0.717, 1.165) is 76.1 Å². The quantitative estimate of drug-likeness (QED) is 0.548. The van der Waals surface area contributed by atoms with Crippen LogP contribution in [0.4, 0.5) is 14.6 Å². The number of hydrogen-bond donors (Lipinski definition) is 2. The molecule has 1 aromatic heterocycles. The molecular formula is C27H37F2N5O2. The van der Waals surface area contributed by atoms with E-state index in [2.05, 4.69) is 25.1 Å². The van der Waals surface area contributed by atoms with Crippen molar-refractivity contribution in [2.75, 3.05) is 38.2 Å². The number of rotatable bonds is 9. The van der Waals surface area contributed by atoms with Crippen molar-refractivity contribution in [3.8, 4) is 0 Å². The number of nitrogens with one attached hydrogen (secondary N) is 2. The Hall–Kier alpha value is -2.36. The molecule has 3 heterocycles. The fraction of sp³-hybridized carbons (Fsp3) is 0.630. The van der Waals surface area contributed by atoms with Crippen LogP contribution in [-0.4, -0.2) is 65.3 Å². The Morgan fingerprint density at radius 3 is 2.81 bits per heavy atom. The van der Waals surface area contributed by atoms with E-state index in [-0.39, 0.29) is 11.9 Å². The summed E-state index contributed by atoms with van der Waals surface area (Å²) in [4.78, 5) is 20.0. The van der Waals surface area contributed by atoms with Crippen LogP contribution in [0.1, 0.15) is 56.2 Å². The van der Waals surface area contributed by atoms with Crippen LogP contribution in [0, 0.1) is 17.6 Å². The molecule has 2 N–H and O–H groups in total. The molecule has 36 heavy (non-hydrogen) atoms. The molecule has 2 saturated heterocycles. The van der Waals surface area contributed by atoms with Crippen LogP contribution in [0.3, 0.4) is 0 Å². The molecule has 3 aliphatic rings. The van der Waals surface area contributed by atoms with Crippen LogP contribution >= 0.6 is 0 Å². The highest BCUT2D eigenvalue weighted by Gasteiger charge is 2.31. The smallest absolute Gasteiger partial charge is 0.242 e. The second kappa shape index (κ2) is 11.4. The van der Waals surface area contributed by atoms with Crippen molar-refractivity contribution >= 4 is 11.7 Å². The number of fused-ring (bicyclic) bond motifs is 1. The lowest BCUT2D eigenvalue weighted by atomic mass is 9.87. The van der Waals surface area contributed by atoms with Crippen molar-refractivity contribution < 1.29 is 18.3 Å². The fourth-order valence-corrected chi connectivity index (χ4v) is 5.78. The first-order valence-corrected chi connectivity index (χ1v) is 13.4. The van der Waals surface area contributed by atoms with E-state index >= 15 is 0 Å². The van der Waals surface area contributed by atoms with E-state index < -0.39 is 17.7 Å². The Kier molecular flexibility index (Phi) is 7.98. The summed E-state index contributed by atoms with van der Waals surface area (Å²) < 4.78 is 35.4. The Bertz CT molecular complexity index is 1050. The second-order valence-corrected chi connectivity index (χ2v) is 10.6. The summed E-state index contributed by atoms with van der Waals surface area (Å²) in [5.41, 5.74) is 1.29. The minimum atomic E-state index is -0.533. The molecule has 2 fully saturated rings. The van der Waals surface area contributed by atoms with Crippen molar-refractivity contribution in [1.29, 1.82) is 0 Å². The first-order valence-electron chi connectivity index (χ1n) is 13.4. The third-order valence-corrected chi connectivity index (χ3v) is 7.87. The third kappa shape index (κ3) is 5.95. The first-order chi connectivity index (χ1) is 17.5. The van der Waals surface area contributed by atoms with E-state index in [1.165, 1.54) is 6.07 Å². The van der Waals surface area contributed by atoms with Crippen LogP contribution in [0.5, 0.6) is 0 Å². The molecule has 5 rings (SSSR count). The topological polar surface area (TPSA) is 71.4 Å². The van der Waals surface area contributed by atoms with Crippen LogP contribution in [0.15, 0.2) is 24.7 Å². The standard InChI is InChI=1S/C27H37F2N5O2/c1-2-3-25(31-21-5-4-19-10-20(28)11-24(29)23(19)12-21)27(35)32-26-16-34(17-30-26)22-14-33(15-22)13-18-6-8-36-9-7-18/h10-11,16-18,21-22,25,31H,2-9,12-15H2,1H3,(H,32,35)/t21-,25-/m0/s1. The van der Waals surface area contributed by atoms with Gasteiger partial charge in [-0.15, -0.1) is 0 Å². The first kappa shape index (κ1) is 25.3. The van der Waals surface area contributed by atoms with Crippen molar-refractivity contribution in [1.82, 2.24) is 19.8 Å². The van der Waals surface area contributed by atoms with Crippen LogP contribution in [0.25, 0.3) is 0 Å². The molecular weight excluding hydrogens is 464 g/mol. The summed E-state index contributed by atoms with van der Waals surface area (Å²) >= 11 is 0. The number of nitrogens with zero attached hydrogens (tertiary/aromatic N) is 3. The van der Waals surface area contributed by atoms with Crippen molar-refractivity contribution in [3.05, 3.63) is 47.4 Å². The lowest BCUT2D eigenvalue weighted by molar-refractivity contribution is -0.118. The van der Waals surface area contributed by atoms with Crippen molar-refractivity contribution in [2.24, 2.45) is 5.92 Å². The van der Waals surface area contributed by atoms with E-state index in [4.69, 9.17) is 4.74 Å². The lowest BCUT2D eigenvalue weighted by Crippen LogP contribution is -2.49. The fourth-order valence-electron chi connectivity index (χ4n) is 5.78. The molecule has 0 spiro atoms. The van der Waals surface area contributed by atoms with Gasteiger partial charge in [0, 0.05) is 51.2 Å². The van der Waals surface area contributed by atoms with Crippen LogP contribution in [0.2, 0.25) is 0 Å². The molecule has 0 radical (unpaired) electrons. The maximum Gasteiger partial charge on any atom is 0.242 e. The van der Waals surface area contributed by atoms with Gasteiger partial charge in [0.25, 0.3) is 0 Å². The zero-order chi connectivity index (χ0) is 25.1. The van der Waals surface area contributed by atoms with Gasteiger partial charge in [0.2, 0.25) is 5.91 Å². The van der Waals surface area contributed by atoms with E-state index in [1.807, 2.05) is 13.1 Å². The monoisotopic (exact) mass is 501 g/mol. The highest BCUT2D eigenvalue weighted by atomic mass is 19.1. The molecule has 0 unspecified atom stereocenters. The molecule has 7 nitrogen and oxygen atoms in total. The van der Waals surface area contributed by atoms with Gasteiger partial charge in [0.05, 0.1) is 18.4 Å². The van der Waals surface area contributed by atoms with Crippen LogP contribution in [-0.2, 0) is 22.4 Å². The van der Waals surface area contributed by atoms with Crippen molar-refractivity contribution in [2.45, 2.75) is 70.0 Å². The molecule has 2 aromatic rings. The average Bonchev–Trinajstić information content (AvgIpc) is 3.29. The lowest BCUT2D eigenvalue weighted by Gasteiger charge is -2.42. The second-order valence-electron chi connectivity index (χ2n) is 10.6. The number of carbonyl (C=O) groups excluding carboxylic acids is 1. The van der Waals surface area contributed by atoms with Gasteiger partial charge >= 0.3 is 0 Å². The van der Waals surface area contributed by atoms with E-state index in [1.54, 1.807) is 6.33 Å². The van der Waals surface area contributed by atoms with Crippen LogP contribution < -0.4 is 10.6 Å². The SMILES string of the molecule is CCC[C@H](N[C@H]1CCc2cc(F)cc(F)c2C1)C(=O)Nc1cn(C2CN(CC3CCOCC3)C2)cn1. The van der Waals surface area contributed by atoms with Gasteiger partial charge < -0.3 is 19.9 Å². The Morgan fingerprint density at radius 2 is 2.03 bits per heavy atom. The number of aromatic nitrogens is 2. The summed E-state index contributed by atoms with van der Waals surface area (Å²) in [5.74, 6) is 0.134. The van der Waals surface area contributed by atoms with E-state index in [0.29, 0.717) is 36.7 Å². The normalized spacial score (nSPS) is 22.1. The summed E-state index contributed by atoms with van der Waals surface area (Å²) in [6, 6.07) is 2.32.